The van der Waals surface area contributed by atoms with Crippen molar-refractivity contribution in [2.24, 2.45) is 11.8 Å². The number of benzene rings is 1. The van der Waals surface area contributed by atoms with E-state index < -0.39 is 0 Å². The lowest BCUT2D eigenvalue weighted by Gasteiger charge is -2.34. The highest BCUT2D eigenvalue weighted by Gasteiger charge is 2.28. The molecule has 1 aliphatic carbocycles. The predicted molar refractivity (Wildman–Crippen MR) is 86.5 cm³/mol. The fourth-order valence-electron chi connectivity index (χ4n) is 3.41. The first-order chi connectivity index (χ1) is 10.0. The number of aromatic amines is 1. The van der Waals surface area contributed by atoms with Crippen LogP contribution in [0.4, 0.5) is 0 Å². The summed E-state index contributed by atoms with van der Waals surface area (Å²) in [4.78, 5) is 15.7. The van der Waals surface area contributed by atoms with E-state index >= 15 is 0 Å². The summed E-state index contributed by atoms with van der Waals surface area (Å²) in [5.41, 5.74) is 2.90. The van der Waals surface area contributed by atoms with E-state index in [1.807, 2.05) is 12.1 Å². The smallest absolute Gasteiger partial charge is 0.267 e. The topological polar surface area (TPSA) is 44.9 Å². The van der Waals surface area contributed by atoms with E-state index in [0.29, 0.717) is 23.6 Å². The Hall–Kier alpha value is -1.77. The molecule has 1 aromatic heterocycles. The third-order valence-electron chi connectivity index (χ3n) is 5.04. The molecule has 0 aliphatic heterocycles. The molecular formula is C18H24N2O. The number of aryl methyl sites for hydroxylation is 1. The fourth-order valence-corrected chi connectivity index (χ4v) is 3.41. The highest BCUT2D eigenvalue weighted by Crippen LogP contribution is 2.29. The Morgan fingerprint density at radius 2 is 2.05 bits per heavy atom. The molecule has 1 aliphatic rings. The zero-order chi connectivity index (χ0) is 15.0. The zero-order valence-electron chi connectivity index (χ0n) is 13.1. The lowest BCUT2D eigenvalue weighted by molar-refractivity contribution is 0.0887. The number of fused-ring (bicyclic) bond motifs is 1. The van der Waals surface area contributed by atoms with Crippen LogP contribution in [0.1, 0.15) is 49.2 Å². The van der Waals surface area contributed by atoms with E-state index in [2.05, 4.69) is 43.2 Å². The lowest BCUT2D eigenvalue weighted by atomic mass is 9.78. The zero-order valence-corrected chi connectivity index (χ0v) is 13.1. The highest BCUT2D eigenvalue weighted by molar-refractivity contribution is 5.98. The molecule has 0 unspecified atom stereocenters. The summed E-state index contributed by atoms with van der Waals surface area (Å²) in [5, 5.41) is 4.32. The van der Waals surface area contributed by atoms with E-state index in [0.717, 1.165) is 17.3 Å². The van der Waals surface area contributed by atoms with Crippen LogP contribution >= 0.6 is 0 Å². The third-order valence-corrected chi connectivity index (χ3v) is 5.04. The van der Waals surface area contributed by atoms with Gasteiger partial charge in [0.2, 0.25) is 0 Å². The maximum atomic E-state index is 12.5. The van der Waals surface area contributed by atoms with Gasteiger partial charge in [-0.25, -0.2) is 0 Å². The summed E-state index contributed by atoms with van der Waals surface area (Å²) in [6.45, 7) is 6.61. The van der Waals surface area contributed by atoms with Gasteiger partial charge in [0.05, 0.1) is 0 Å². The van der Waals surface area contributed by atoms with E-state index in [-0.39, 0.29) is 5.91 Å². The minimum absolute atomic E-state index is 0.0230. The van der Waals surface area contributed by atoms with Crippen LogP contribution < -0.4 is 5.32 Å². The average Bonchev–Trinajstić information content (AvgIpc) is 2.87. The Morgan fingerprint density at radius 1 is 1.24 bits per heavy atom. The van der Waals surface area contributed by atoms with Crippen molar-refractivity contribution in [3.8, 4) is 0 Å². The number of aromatic nitrogens is 1. The standard InChI is InChI=1S/C18H24N2O/c1-11-7-8-16-14(9-11)10-17(19-16)18(21)20-15-6-4-5-12(2)13(15)3/h7-10,12-13,15,19H,4-6H2,1-3H3,(H,20,21)/t12-,13+,15+/m0/s1. The van der Waals surface area contributed by atoms with Crippen molar-refractivity contribution in [2.45, 2.75) is 46.1 Å². The number of H-pyrrole nitrogens is 1. The summed E-state index contributed by atoms with van der Waals surface area (Å²) in [6, 6.07) is 8.45. The SMILES string of the molecule is Cc1ccc2[nH]c(C(=O)N[C@@H]3CCC[C@H](C)[C@H]3C)cc2c1. The first kappa shape index (κ1) is 14.2. The quantitative estimate of drug-likeness (QED) is 0.859. The van der Waals surface area contributed by atoms with E-state index in [1.54, 1.807) is 0 Å². The van der Waals surface area contributed by atoms with Crippen molar-refractivity contribution in [3.63, 3.8) is 0 Å². The number of nitrogens with one attached hydrogen (secondary N) is 2. The third kappa shape index (κ3) is 2.82. The number of rotatable bonds is 2. The molecule has 0 spiro atoms. The second-order valence-electron chi connectivity index (χ2n) is 6.62. The van der Waals surface area contributed by atoms with Crippen LogP contribution in [0.3, 0.4) is 0 Å². The normalized spacial score (nSPS) is 26.0. The van der Waals surface area contributed by atoms with Gasteiger partial charge in [0.15, 0.2) is 0 Å². The van der Waals surface area contributed by atoms with Gasteiger partial charge in [-0.3, -0.25) is 4.79 Å². The first-order valence-electron chi connectivity index (χ1n) is 7.95. The minimum atomic E-state index is 0.0230. The molecular weight excluding hydrogens is 260 g/mol. The Kier molecular flexibility index (Phi) is 3.75. The average molecular weight is 284 g/mol. The summed E-state index contributed by atoms with van der Waals surface area (Å²) >= 11 is 0. The van der Waals surface area contributed by atoms with Gasteiger partial charge in [-0.1, -0.05) is 38.3 Å². The fraction of sp³-hybridized carbons (Fsp3) is 0.500. The van der Waals surface area contributed by atoms with Gasteiger partial charge in [0.1, 0.15) is 5.69 Å². The van der Waals surface area contributed by atoms with Crippen molar-refractivity contribution in [1.82, 2.24) is 10.3 Å². The lowest BCUT2D eigenvalue weighted by Crippen LogP contribution is -2.43. The molecule has 1 amide bonds. The molecule has 2 N–H and O–H groups in total. The molecule has 2 aromatic rings. The molecule has 1 aromatic carbocycles. The van der Waals surface area contributed by atoms with Gasteiger partial charge in [-0.15, -0.1) is 0 Å². The molecule has 21 heavy (non-hydrogen) atoms. The molecule has 112 valence electrons. The summed E-state index contributed by atoms with van der Waals surface area (Å²) in [6.07, 6.45) is 3.58. The Labute approximate surface area is 126 Å². The second kappa shape index (κ2) is 5.55. The van der Waals surface area contributed by atoms with Gasteiger partial charge in [-0.05, 0) is 43.4 Å². The van der Waals surface area contributed by atoms with Crippen molar-refractivity contribution in [2.75, 3.05) is 0 Å². The van der Waals surface area contributed by atoms with Gasteiger partial charge in [-0.2, -0.15) is 0 Å². The maximum Gasteiger partial charge on any atom is 0.267 e. The van der Waals surface area contributed by atoms with Crippen LogP contribution in [0.5, 0.6) is 0 Å². The van der Waals surface area contributed by atoms with E-state index in [1.165, 1.54) is 18.4 Å². The molecule has 0 saturated heterocycles. The van der Waals surface area contributed by atoms with E-state index in [9.17, 15) is 4.79 Å². The molecule has 3 heteroatoms. The predicted octanol–water partition coefficient (Wildman–Crippen LogP) is 4.03. The second-order valence-corrected chi connectivity index (χ2v) is 6.62. The number of amides is 1. The Balaban J connectivity index is 1.77. The maximum absolute atomic E-state index is 12.5. The van der Waals surface area contributed by atoms with Gasteiger partial charge >= 0.3 is 0 Å². The van der Waals surface area contributed by atoms with Crippen molar-refractivity contribution < 1.29 is 4.79 Å². The molecule has 1 heterocycles. The summed E-state index contributed by atoms with van der Waals surface area (Å²) in [5.74, 6) is 1.26. The van der Waals surface area contributed by atoms with Gasteiger partial charge in [0.25, 0.3) is 5.91 Å². The molecule has 0 radical (unpaired) electrons. The van der Waals surface area contributed by atoms with Crippen LogP contribution in [0, 0.1) is 18.8 Å². The number of hydrogen-bond acceptors (Lipinski definition) is 1. The molecule has 3 rings (SSSR count). The number of carbonyl (C=O) groups is 1. The molecule has 3 nitrogen and oxygen atoms in total. The molecule has 0 bridgehead atoms. The number of hydrogen-bond donors (Lipinski definition) is 2. The molecule has 1 saturated carbocycles. The van der Waals surface area contributed by atoms with Crippen LogP contribution in [0.25, 0.3) is 10.9 Å². The molecule has 1 fully saturated rings. The van der Waals surface area contributed by atoms with Crippen LogP contribution in [-0.2, 0) is 0 Å². The molecule has 3 atom stereocenters. The largest absolute Gasteiger partial charge is 0.351 e. The van der Waals surface area contributed by atoms with Crippen LogP contribution in [0.15, 0.2) is 24.3 Å². The first-order valence-corrected chi connectivity index (χ1v) is 7.95. The Morgan fingerprint density at radius 3 is 2.86 bits per heavy atom. The minimum Gasteiger partial charge on any atom is -0.351 e. The van der Waals surface area contributed by atoms with Gasteiger partial charge < -0.3 is 10.3 Å². The summed E-state index contributed by atoms with van der Waals surface area (Å²) < 4.78 is 0. The van der Waals surface area contributed by atoms with Crippen molar-refractivity contribution in [1.29, 1.82) is 0 Å². The van der Waals surface area contributed by atoms with Crippen LogP contribution in [-0.4, -0.2) is 16.9 Å². The highest BCUT2D eigenvalue weighted by atomic mass is 16.1. The Bertz CT molecular complexity index is 658. The number of carbonyl (C=O) groups excluding carboxylic acids is 1. The summed E-state index contributed by atoms with van der Waals surface area (Å²) in [7, 11) is 0. The van der Waals surface area contributed by atoms with Crippen molar-refractivity contribution in [3.05, 3.63) is 35.5 Å². The van der Waals surface area contributed by atoms with Crippen LogP contribution in [0.2, 0.25) is 0 Å². The van der Waals surface area contributed by atoms with Gasteiger partial charge in [0, 0.05) is 16.9 Å². The monoisotopic (exact) mass is 284 g/mol. The van der Waals surface area contributed by atoms with E-state index in [4.69, 9.17) is 0 Å². The van der Waals surface area contributed by atoms with Crippen molar-refractivity contribution >= 4 is 16.8 Å².